The van der Waals surface area contributed by atoms with Crippen molar-refractivity contribution < 1.29 is 31.3 Å². The fraction of sp³-hybridized carbons (Fsp3) is 0.240. The molecule has 34 heavy (non-hydrogen) atoms. The van der Waals surface area contributed by atoms with Crippen LogP contribution in [0.5, 0.6) is 0 Å². The van der Waals surface area contributed by atoms with E-state index in [1.54, 1.807) is 65.6 Å². The highest BCUT2D eigenvalue weighted by Gasteiger charge is 2.43. The van der Waals surface area contributed by atoms with E-state index in [1.165, 1.54) is 6.07 Å². The molecule has 9 heteroatoms. The Balaban J connectivity index is 1.74. The summed E-state index contributed by atoms with van der Waals surface area (Å²) in [4.78, 5) is 14.7. The van der Waals surface area contributed by atoms with E-state index < -0.39 is 34.7 Å². The zero-order valence-corrected chi connectivity index (χ0v) is 18.9. The number of morpholine rings is 1. The van der Waals surface area contributed by atoms with Crippen LogP contribution in [0.4, 0.5) is 8.78 Å². The number of benzene rings is 3. The molecule has 1 aliphatic rings. The molecule has 0 saturated carbocycles. The van der Waals surface area contributed by atoms with E-state index >= 15 is 0 Å². The quantitative estimate of drug-likeness (QED) is 0.466. The first-order valence-electron chi connectivity index (χ1n) is 10.6. The topological polar surface area (TPSA) is 78.9 Å². The Kier molecular flexibility index (Phi) is 7.47. The third-order valence-electron chi connectivity index (χ3n) is 5.82. The van der Waals surface area contributed by atoms with Crippen molar-refractivity contribution >= 4 is 17.3 Å². The summed E-state index contributed by atoms with van der Waals surface area (Å²) in [6.07, 6.45) is -1.05. The number of rotatable bonds is 7. The van der Waals surface area contributed by atoms with Gasteiger partial charge in [0.05, 0.1) is 24.5 Å². The molecule has 178 valence electrons. The number of hydrogen-bond acceptors (Lipinski definition) is 5. The standard InChI is InChI=1S/C25H23F2NO5S/c26-21-12-11-20(15-22(21)27)25(16-23(33-34(30)31)18-7-3-1-4-8-18)17-28(13-14-32-25)24(29)19-9-5-2-6-10-19/h1-12,15,23H,13-14,16-17H2,(H,30,31)/p-1. The smallest absolute Gasteiger partial charge is 0.254 e. The first-order valence-corrected chi connectivity index (χ1v) is 11.6. The number of carbonyl (C=O) groups is 1. The Morgan fingerprint density at radius 1 is 1.06 bits per heavy atom. The van der Waals surface area contributed by atoms with Gasteiger partial charge in [0.1, 0.15) is 11.7 Å². The van der Waals surface area contributed by atoms with Gasteiger partial charge in [0.25, 0.3) is 5.91 Å². The van der Waals surface area contributed by atoms with Gasteiger partial charge in [0, 0.05) is 18.5 Å². The van der Waals surface area contributed by atoms with Crippen LogP contribution in [0, 0.1) is 11.6 Å². The van der Waals surface area contributed by atoms with Gasteiger partial charge < -0.3 is 14.2 Å². The molecule has 0 radical (unpaired) electrons. The van der Waals surface area contributed by atoms with Gasteiger partial charge in [-0.05, 0) is 35.4 Å². The summed E-state index contributed by atoms with van der Waals surface area (Å²) in [5.41, 5.74) is -0.0426. The number of hydrogen-bond donors (Lipinski definition) is 0. The van der Waals surface area contributed by atoms with E-state index in [0.29, 0.717) is 11.1 Å². The maximum Gasteiger partial charge on any atom is 0.254 e. The summed E-state index contributed by atoms with van der Waals surface area (Å²) in [5, 5.41) is 0. The van der Waals surface area contributed by atoms with Crippen molar-refractivity contribution in [1.29, 1.82) is 0 Å². The van der Waals surface area contributed by atoms with Crippen LogP contribution in [-0.2, 0) is 25.9 Å². The highest BCUT2D eigenvalue weighted by atomic mass is 32.2. The molecule has 3 aromatic rings. The number of amides is 1. The lowest BCUT2D eigenvalue weighted by atomic mass is 9.84. The molecule has 0 N–H and O–H groups in total. The second-order valence-electron chi connectivity index (χ2n) is 7.97. The van der Waals surface area contributed by atoms with Crippen LogP contribution in [0.2, 0.25) is 0 Å². The van der Waals surface area contributed by atoms with Crippen molar-refractivity contribution in [2.24, 2.45) is 0 Å². The molecule has 6 nitrogen and oxygen atoms in total. The number of ether oxygens (including phenoxy) is 1. The molecule has 0 aliphatic carbocycles. The van der Waals surface area contributed by atoms with Crippen LogP contribution in [0.1, 0.15) is 34.0 Å². The van der Waals surface area contributed by atoms with Gasteiger partial charge in [-0.2, -0.15) is 0 Å². The van der Waals surface area contributed by atoms with Crippen molar-refractivity contribution in [2.75, 3.05) is 19.7 Å². The number of nitrogens with zero attached hydrogens (tertiary/aromatic N) is 1. The molecule has 1 amide bonds. The fourth-order valence-corrected chi connectivity index (χ4v) is 4.55. The van der Waals surface area contributed by atoms with Crippen LogP contribution in [0.25, 0.3) is 0 Å². The summed E-state index contributed by atoms with van der Waals surface area (Å²) in [5.74, 6) is -2.35. The molecule has 4 rings (SSSR count). The van der Waals surface area contributed by atoms with E-state index in [1.807, 2.05) is 0 Å². The van der Waals surface area contributed by atoms with Crippen LogP contribution < -0.4 is 0 Å². The lowest BCUT2D eigenvalue weighted by Crippen LogP contribution is -2.52. The maximum atomic E-state index is 14.3. The highest BCUT2D eigenvalue weighted by molar-refractivity contribution is 7.74. The minimum absolute atomic E-state index is 0.00993. The van der Waals surface area contributed by atoms with Crippen LogP contribution in [-0.4, -0.2) is 39.3 Å². The molecule has 0 spiro atoms. The van der Waals surface area contributed by atoms with Crippen LogP contribution in [0.15, 0.2) is 78.9 Å². The zero-order valence-electron chi connectivity index (χ0n) is 18.1. The summed E-state index contributed by atoms with van der Waals surface area (Å²) >= 11 is -2.85. The normalized spacial score (nSPS) is 20.0. The predicted molar refractivity (Wildman–Crippen MR) is 120 cm³/mol. The second kappa shape index (κ2) is 10.5. The van der Waals surface area contributed by atoms with Crippen LogP contribution >= 0.6 is 0 Å². The molecule has 3 atom stereocenters. The van der Waals surface area contributed by atoms with Crippen molar-refractivity contribution in [3.05, 3.63) is 107 Å². The summed E-state index contributed by atoms with van der Waals surface area (Å²) in [6.45, 7) is 0.382. The summed E-state index contributed by atoms with van der Waals surface area (Å²) in [7, 11) is 0. The van der Waals surface area contributed by atoms with Gasteiger partial charge in [-0.1, -0.05) is 54.6 Å². The third kappa shape index (κ3) is 5.39. The van der Waals surface area contributed by atoms with Gasteiger partial charge in [-0.25, -0.2) is 13.0 Å². The van der Waals surface area contributed by atoms with E-state index in [2.05, 4.69) is 0 Å². The summed E-state index contributed by atoms with van der Waals surface area (Å²) in [6, 6.07) is 20.7. The van der Waals surface area contributed by atoms with E-state index in [-0.39, 0.29) is 37.6 Å². The Labute approximate surface area is 198 Å². The Bertz CT molecular complexity index is 1160. The molecule has 1 saturated heterocycles. The molecule has 3 aromatic carbocycles. The van der Waals surface area contributed by atoms with E-state index in [9.17, 15) is 22.3 Å². The van der Waals surface area contributed by atoms with Crippen molar-refractivity contribution in [2.45, 2.75) is 18.1 Å². The molecule has 1 aliphatic heterocycles. The molecule has 3 unspecified atom stereocenters. The van der Waals surface area contributed by atoms with Gasteiger partial charge in [0.2, 0.25) is 0 Å². The first kappa shape index (κ1) is 24.2. The molecule has 1 fully saturated rings. The van der Waals surface area contributed by atoms with Gasteiger partial charge in [0.15, 0.2) is 11.6 Å². The fourth-order valence-electron chi connectivity index (χ4n) is 4.19. The average Bonchev–Trinajstić information content (AvgIpc) is 2.86. The molecular formula is C25H22F2NO5S-. The predicted octanol–water partition coefficient (Wildman–Crippen LogP) is 4.27. The Morgan fingerprint density at radius 3 is 2.38 bits per heavy atom. The van der Waals surface area contributed by atoms with Gasteiger partial charge in [-0.15, -0.1) is 0 Å². The van der Waals surface area contributed by atoms with E-state index in [0.717, 1.165) is 12.1 Å². The van der Waals surface area contributed by atoms with Crippen molar-refractivity contribution in [3.8, 4) is 0 Å². The minimum Gasteiger partial charge on any atom is -0.750 e. The SMILES string of the molecule is O=C(c1ccccc1)N1CCOC(CC(OS(=O)[O-])c2ccccc2)(c2ccc(F)c(F)c2)C1. The second-order valence-corrected chi connectivity index (χ2v) is 8.57. The third-order valence-corrected chi connectivity index (χ3v) is 6.21. The Morgan fingerprint density at radius 2 is 1.74 bits per heavy atom. The van der Waals surface area contributed by atoms with Crippen molar-refractivity contribution in [3.63, 3.8) is 0 Å². The monoisotopic (exact) mass is 486 g/mol. The Hall–Kier alpha value is -2.98. The number of carbonyl (C=O) groups excluding carboxylic acids is 1. The zero-order chi connectivity index (χ0) is 24.1. The lowest BCUT2D eigenvalue weighted by Gasteiger charge is -2.44. The molecule has 1 heterocycles. The minimum atomic E-state index is -2.85. The maximum absolute atomic E-state index is 14.3. The largest absolute Gasteiger partial charge is 0.750 e. The molecular weight excluding hydrogens is 464 g/mol. The first-order chi connectivity index (χ1) is 16.4. The molecule has 0 bridgehead atoms. The van der Waals surface area contributed by atoms with E-state index in [4.69, 9.17) is 8.92 Å². The number of halogens is 2. The van der Waals surface area contributed by atoms with Gasteiger partial charge in [-0.3, -0.25) is 8.98 Å². The summed E-state index contributed by atoms with van der Waals surface area (Å²) < 4.78 is 62.3. The molecule has 0 aromatic heterocycles. The highest BCUT2D eigenvalue weighted by Crippen LogP contribution is 2.40. The van der Waals surface area contributed by atoms with Crippen LogP contribution in [0.3, 0.4) is 0 Å². The lowest BCUT2D eigenvalue weighted by molar-refractivity contribution is -0.123. The average molecular weight is 487 g/mol. The van der Waals surface area contributed by atoms with Crippen molar-refractivity contribution in [1.82, 2.24) is 4.90 Å². The van der Waals surface area contributed by atoms with Gasteiger partial charge >= 0.3 is 0 Å².